The minimum atomic E-state index is -0.883. The Balaban J connectivity index is 2.34. The molecule has 5 nitrogen and oxygen atoms in total. The lowest BCUT2D eigenvalue weighted by Crippen LogP contribution is -2.34. The second kappa shape index (κ2) is 9.82. The van der Waals surface area contributed by atoms with Crippen molar-refractivity contribution >= 4 is 12.1 Å². The van der Waals surface area contributed by atoms with Crippen LogP contribution >= 0.6 is 0 Å². The van der Waals surface area contributed by atoms with Gasteiger partial charge in [0, 0.05) is 6.54 Å². The fourth-order valence-corrected chi connectivity index (χ4v) is 2.35. The maximum Gasteiger partial charge on any atom is 0.407 e. The van der Waals surface area contributed by atoms with Gasteiger partial charge in [0.15, 0.2) is 0 Å². The summed E-state index contributed by atoms with van der Waals surface area (Å²) in [7, 11) is 0. The largest absolute Gasteiger partial charge is 0.481 e. The van der Waals surface area contributed by atoms with Crippen molar-refractivity contribution in [3.63, 3.8) is 0 Å². The summed E-state index contributed by atoms with van der Waals surface area (Å²) in [6.07, 6.45) is 1.99. The third-order valence-electron chi connectivity index (χ3n) is 3.52. The number of ether oxygens (including phenoxy) is 1. The van der Waals surface area contributed by atoms with Crippen molar-refractivity contribution < 1.29 is 19.4 Å². The third kappa shape index (κ3) is 7.11. The highest BCUT2D eigenvalue weighted by molar-refractivity contribution is 5.72. The highest BCUT2D eigenvalue weighted by atomic mass is 16.5. The Morgan fingerprint density at radius 3 is 2.55 bits per heavy atom. The van der Waals surface area contributed by atoms with Crippen LogP contribution in [0.2, 0.25) is 0 Å². The van der Waals surface area contributed by atoms with E-state index in [9.17, 15) is 14.7 Å². The lowest BCUT2D eigenvalue weighted by atomic mass is 9.92. The van der Waals surface area contributed by atoms with Crippen LogP contribution in [-0.2, 0) is 16.1 Å². The topological polar surface area (TPSA) is 75.6 Å². The van der Waals surface area contributed by atoms with Crippen molar-refractivity contribution in [3.05, 3.63) is 35.9 Å². The van der Waals surface area contributed by atoms with E-state index in [-0.39, 0.29) is 13.2 Å². The van der Waals surface area contributed by atoms with E-state index in [1.807, 2.05) is 37.3 Å². The van der Waals surface area contributed by atoms with E-state index in [0.29, 0.717) is 12.3 Å². The van der Waals surface area contributed by atoms with Crippen LogP contribution in [0.15, 0.2) is 30.3 Å². The van der Waals surface area contributed by atoms with Gasteiger partial charge in [-0.15, -0.1) is 0 Å². The molecule has 1 aromatic carbocycles. The van der Waals surface area contributed by atoms with Crippen LogP contribution in [-0.4, -0.2) is 23.7 Å². The molecule has 0 aliphatic heterocycles. The first-order valence-electron chi connectivity index (χ1n) is 7.70. The standard InChI is InChI=1S/C17H25NO4/c1-3-7-13(2)10-15(16(19)20)11-18-17(21)22-12-14-8-5-4-6-9-14/h4-6,8-9,13,15H,3,7,10-12H2,1-2H3,(H,18,21)(H,19,20)/t13?,15-/m1/s1. The van der Waals surface area contributed by atoms with Gasteiger partial charge in [0.1, 0.15) is 6.61 Å². The van der Waals surface area contributed by atoms with Gasteiger partial charge >= 0.3 is 12.1 Å². The predicted molar refractivity (Wildman–Crippen MR) is 84.4 cm³/mol. The minimum absolute atomic E-state index is 0.0943. The summed E-state index contributed by atoms with van der Waals surface area (Å²) >= 11 is 0. The summed E-state index contributed by atoms with van der Waals surface area (Å²) in [6, 6.07) is 9.34. The van der Waals surface area contributed by atoms with Crippen LogP contribution < -0.4 is 5.32 Å². The molecule has 2 atom stereocenters. The molecule has 1 rings (SSSR count). The zero-order valence-electron chi connectivity index (χ0n) is 13.2. The Bertz CT molecular complexity index is 461. The predicted octanol–water partition coefficient (Wildman–Crippen LogP) is 3.44. The Labute approximate surface area is 131 Å². The fraction of sp³-hybridized carbons (Fsp3) is 0.529. The maximum atomic E-state index is 11.6. The Hall–Kier alpha value is -2.04. The molecule has 0 aliphatic carbocycles. The molecule has 122 valence electrons. The molecular weight excluding hydrogens is 282 g/mol. The van der Waals surface area contributed by atoms with Crippen LogP contribution in [0.4, 0.5) is 4.79 Å². The number of nitrogens with one attached hydrogen (secondary N) is 1. The minimum Gasteiger partial charge on any atom is -0.481 e. The van der Waals surface area contributed by atoms with E-state index in [0.717, 1.165) is 18.4 Å². The summed E-state index contributed by atoms with van der Waals surface area (Å²) in [6.45, 7) is 4.38. The number of alkyl carbamates (subject to hydrolysis) is 1. The van der Waals surface area contributed by atoms with Gasteiger partial charge in [0.2, 0.25) is 0 Å². The molecule has 0 saturated heterocycles. The highest BCUT2D eigenvalue weighted by Gasteiger charge is 2.21. The van der Waals surface area contributed by atoms with E-state index < -0.39 is 18.0 Å². The Kier molecular flexibility index (Phi) is 8.04. The molecule has 1 unspecified atom stereocenters. The van der Waals surface area contributed by atoms with Crippen LogP contribution in [0.3, 0.4) is 0 Å². The van der Waals surface area contributed by atoms with E-state index in [4.69, 9.17) is 4.74 Å². The molecular formula is C17H25NO4. The quantitative estimate of drug-likeness (QED) is 0.732. The smallest absolute Gasteiger partial charge is 0.407 e. The number of carboxylic acids is 1. The zero-order valence-corrected chi connectivity index (χ0v) is 13.2. The van der Waals surface area contributed by atoms with Gasteiger partial charge in [-0.25, -0.2) is 4.79 Å². The summed E-state index contributed by atoms with van der Waals surface area (Å²) in [4.78, 5) is 22.9. The van der Waals surface area contributed by atoms with Gasteiger partial charge in [-0.05, 0) is 17.9 Å². The van der Waals surface area contributed by atoms with Crippen LogP contribution in [0.1, 0.15) is 38.7 Å². The number of aliphatic carboxylic acids is 1. The van der Waals surface area contributed by atoms with Gasteiger partial charge in [-0.1, -0.05) is 57.0 Å². The molecule has 0 aliphatic rings. The number of rotatable bonds is 9. The number of carbonyl (C=O) groups excluding carboxylic acids is 1. The molecule has 1 amide bonds. The fourth-order valence-electron chi connectivity index (χ4n) is 2.35. The molecule has 0 spiro atoms. The first kappa shape index (κ1) is 18.0. The Morgan fingerprint density at radius 2 is 1.95 bits per heavy atom. The first-order valence-corrected chi connectivity index (χ1v) is 7.70. The summed E-state index contributed by atoms with van der Waals surface area (Å²) in [5.74, 6) is -1.13. The summed E-state index contributed by atoms with van der Waals surface area (Å²) in [5, 5.41) is 11.8. The van der Waals surface area contributed by atoms with E-state index >= 15 is 0 Å². The molecule has 22 heavy (non-hydrogen) atoms. The summed E-state index contributed by atoms with van der Waals surface area (Å²) in [5.41, 5.74) is 0.893. The number of carbonyl (C=O) groups is 2. The Morgan fingerprint density at radius 1 is 1.27 bits per heavy atom. The van der Waals surface area contributed by atoms with E-state index in [2.05, 4.69) is 12.2 Å². The lowest BCUT2D eigenvalue weighted by molar-refractivity contribution is -0.142. The van der Waals surface area contributed by atoms with Gasteiger partial charge in [0.05, 0.1) is 5.92 Å². The normalized spacial score (nSPS) is 13.2. The number of hydrogen-bond acceptors (Lipinski definition) is 3. The van der Waals surface area contributed by atoms with Crippen molar-refractivity contribution in [2.24, 2.45) is 11.8 Å². The third-order valence-corrected chi connectivity index (χ3v) is 3.52. The average molecular weight is 307 g/mol. The molecule has 1 aromatic rings. The van der Waals surface area contributed by atoms with Gasteiger partial charge in [-0.3, -0.25) is 4.79 Å². The van der Waals surface area contributed by atoms with E-state index in [1.54, 1.807) is 0 Å². The molecule has 0 heterocycles. The molecule has 0 radical (unpaired) electrons. The molecule has 0 aromatic heterocycles. The highest BCUT2D eigenvalue weighted by Crippen LogP contribution is 2.17. The molecule has 5 heteroatoms. The molecule has 0 saturated carbocycles. The second-order valence-electron chi connectivity index (χ2n) is 5.61. The number of hydrogen-bond donors (Lipinski definition) is 2. The van der Waals surface area contributed by atoms with Crippen molar-refractivity contribution in [3.8, 4) is 0 Å². The van der Waals surface area contributed by atoms with Crippen molar-refractivity contribution in [1.29, 1.82) is 0 Å². The van der Waals surface area contributed by atoms with E-state index in [1.165, 1.54) is 0 Å². The zero-order chi connectivity index (χ0) is 16.4. The monoisotopic (exact) mass is 307 g/mol. The molecule has 2 N–H and O–H groups in total. The lowest BCUT2D eigenvalue weighted by Gasteiger charge is -2.17. The number of amides is 1. The first-order chi connectivity index (χ1) is 10.5. The average Bonchev–Trinajstić information content (AvgIpc) is 2.50. The van der Waals surface area contributed by atoms with Crippen LogP contribution in [0.25, 0.3) is 0 Å². The van der Waals surface area contributed by atoms with Gasteiger partial charge in [0.25, 0.3) is 0 Å². The number of benzene rings is 1. The van der Waals surface area contributed by atoms with Crippen molar-refractivity contribution in [1.82, 2.24) is 5.32 Å². The van der Waals surface area contributed by atoms with Gasteiger partial charge in [-0.2, -0.15) is 0 Å². The SMILES string of the molecule is CCCC(C)C[C@H](CNC(=O)OCc1ccccc1)C(=O)O. The summed E-state index contributed by atoms with van der Waals surface area (Å²) < 4.78 is 5.07. The maximum absolute atomic E-state index is 11.6. The van der Waals surface area contributed by atoms with Crippen LogP contribution in [0, 0.1) is 11.8 Å². The molecule has 0 bridgehead atoms. The second-order valence-corrected chi connectivity index (χ2v) is 5.61. The van der Waals surface area contributed by atoms with Gasteiger partial charge < -0.3 is 15.2 Å². The van der Waals surface area contributed by atoms with Crippen LogP contribution in [0.5, 0.6) is 0 Å². The number of carboxylic acid groups (broad SMARTS) is 1. The molecule has 0 fully saturated rings. The van der Waals surface area contributed by atoms with Crippen molar-refractivity contribution in [2.75, 3.05) is 6.54 Å². The van der Waals surface area contributed by atoms with Crippen molar-refractivity contribution in [2.45, 2.75) is 39.7 Å².